The van der Waals surface area contributed by atoms with Gasteiger partial charge in [-0.2, -0.15) is 0 Å². The van der Waals surface area contributed by atoms with Crippen molar-refractivity contribution in [1.29, 1.82) is 0 Å². The summed E-state index contributed by atoms with van der Waals surface area (Å²) >= 11 is 0. The maximum atomic E-state index is 12.9. The van der Waals surface area contributed by atoms with Crippen LogP contribution in [-0.4, -0.2) is 48.3 Å². The minimum atomic E-state index is -0.392. The quantitative estimate of drug-likeness (QED) is 0.714. The molecular formula is C25H33N3O3. The first-order valence-corrected chi connectivity index (χ1v) is 11.1. The number of amides is 1. The maximum Gasteiger partial charge on any atom is 0.408 e. The van der Waals surface area contributed by atoms with Crippen molar-refractivity contribution in [3.8, 4) is 5.75 Å². The minimum absolute atomic E-state index is 0.188. The Morgan fingerprint density at radius 2 is 2.13 bits per heavy atom. The number of methoxy groups -OCH3 is 1. The summed E-state index contributed by atoms with van der Waals surface area (Å²) in [6.45, 7) is 13.0. The lowest BCUT2D eigenvalue weighted by Crippen LogP contribution is -2.54. The summed E-state index contributed by atoms with van der Waals surface area (Å²) in [4.78, 5) is 19.9. The molecule has 0 saturated carbocycles. The summed E-state index contributed by atoms with van der Waals surface area (Å²) < 4.78 is 11.7. The van der Waals surface area contributed by atoms with Gasteiger partial charge in [-0.1, -0.05) is 6.08 Å². The van der Waals surface area contributed by atoms with Gasteiger partial charge in [-0.3, -0.25) is 4.98 Å². The monoisotopic (exact) mass is 423 g/mol. The second kappa shape index (κ2) is 8.50. The van der Waals surface area contributed by atoms with E-state index in [1.165, 1.54) is 0 Å². The molecule has 1 N–H and O–H groups in total. The Kier molecular flexibility index (Phi) is 5.93. The van der Waals surface area contributed by atoms with Crippen molar-refractivity contribution in [1.82, 2.24) is 15.2 Å². The molecule has 3 saturated heterocycles. The van der Waals surface area contributed by atoms with E-state index in [4.69, 9.17) is 9.47 Å². The van der Waals surface area contributed by atoms with Crippen molar-refractivity contribution in [2.24, 2.45) is 17.8 Å². The van der Waals surface area contributed by atoms with E-state index < -0.39 is 6.09 Å². The van der Waals surface area contributed by atoms with E-state index in [9.17, 15) is 4.79 Å². The van der Waals surface area contributed by atoms with Crippen LogP contribution in [0.2, 0.25) is 0 Å². The maximum absolute atomic E-state index is 12.9. The molecule has 5 rings (SSSR count). The summed E-state index contributed by atoms with van der Waals surface area (Å²) in [6.07, 6.45) is 4.19. The fourth-order valence-corrected chi connectivity index (χ4v) is 5.13. The average molecular weight is 424 g/mol. The number of rotatable bonds is 5. The van der Waals surface area contributed by atoms with E-state index in [0.717, 1.165) is 48.3 Å². The zero-order valence-corrected chi connectivity index (χ0v) is 18.9. The lowest BCUT2D eigenvalue weighted by molar-refractivity contribution is -0.0534. The molecule has 31 heavy (non-hydrogen) atoms. The molecule has 1 aromatic carbocycles. The SMILES string of the molecule is C=C[C@H]1CN2CC[C@@H]1[C@H]([C@@H](OC(=O)NC(C)(C)C)c1ccnc3ccc(OC)cc13)C2. The number of hydrogen-bond donors (Lipinski definition) is 1. The highest BCUT2D eigenvalue weighted by Gasteiger charge is 2.45. The van der Waals surface area contributed by atoms with Crippen molar-refractivity contribution >= 4 is 17.0 Å². The molecule has 6 nitrogen and oxygen atoms in total. The Morgan fingerprint density at radius 1 is 1.32 bits per heavy atom. The number of nitrogens with one attached hydrogen (secondary N) is 1. The lowest BCUT2D eigenvalue weighted by atomic mass is 9.69. The summed E-state index contributed by atoms with van der Waals surface area (Å²) in [6, 6.07) is 7.83. The minimum Gasteiger partial charge on any atom is -0.497 e. The molecule has 1 aromatic heterocycles. The van der Waals surface area contributed by atoms with Gasteiger partial charge in [-0.25, -0.2) is 4.79 Å². The molecule has 1 unspecified atom stereocenters. The first kappa shape index (κ1) is 21.6. The zero-order chi connectivity index (χ0) is 22.2. The van der Waals surface area contributed by atoms with E-state index >= 15 is 0 Å². The van der Waals surface area contributed by atoms with Gasteiger partial charge in [-0.05, 0) is 69.8 Å². The molecule has 4 heterocycles. The number of carbonyl (C=O) groups is 1. The summed E-state index contributed by atoms with van der Waals surface area (Å²) in [7, 11) is 1.66. The first-order valence-electron chi connectivity index (χ1n) is 11.1. The Hall–Kier alpha value is -2.60. The number of ether oxygens (including phenoxy) is 2. The van der Waals surface area contributed by atoms with Gasteiger partial charge >= 0.3 is 6.09 Å². The summed E-state index contributed by atoms with van der Waals surface area (Å²) in [5.41, 5.74) is 1.48. The summed E-state index contributed by atoms with van der Waals surface area (Å²) in [5, 5.41) is 3.92. The van der Waals surface area contributed by atoms with Crippen molar-refractivity contribution in [3.63, 3.8) is 0 Å². The topological polar surface area (TPSA) is 63.7 Å². The van der Waals surface area contributed by atoms with Crippen LogP contribution in [-0.2, 0) is 4.74 Å². The van der Waals surface area contributed by atoms with E-state index in [2.05, 4.69) is 27.9 Å². The number of piperidine rings is 3. The van der Waals surface area contributed by atoms with Gasteiger partial charge < -0.3 is 19.7 Å². The van der Waals surface area contributed by atoms with Crippen molar-refractivity contribution < 1.29 is 14.3 Å². The molecule has 166 valence electrons. The second-order valence-electron chi connectivity index (χ2n) is 9.76. The third kappa shape index (κ3) is 4.54. The molecule has 0 spiro atoms. The highest BCUT2D eigenvalue weighted by atomic mass is 16.6. The van der Waals surface area contributed by atoms with Crippen LogP contribution in [0.15, 0.2) is 43.1 Å². The van der Waals surface area contributed by atoms with E-state index in [-0.39, 0.29) is 17.6 Å². The third-order valence-corrected chi connectivity index (χ3v) is 6.51. The molecule has 0 radical (unpaired) electrons. The van der Waals surface area contributed by atoms with Gasteiger partial charge in [0.15, 0.2) is 0 Å². The number of benzene rings is 1. The third-order valence-electron chi connectivity index (χ3n) is 6.51. The molecule has 3 aliphatic heterocycles. The van der Waals surface area contributed by atoms with Crippen LogP contribution in [0.4, 0.5) is 4.79 Å². The molecule has 5 atom stereocenters. The molecule has 3 fully saturated rings. The number of pyridine rings is 1. The molecular weight excluding hydrogens is 390 g/mol. The number of fused-ring (bicyclic) bond motifs is 4. The van der Waals surface area contributed by atoms with Crippen molar-refractivity contribution in [3.05, 3.63) is 48.7 Å². The molecule has 1 amide bonds. The number of hydrogen-bond acceptors (Lipinski definition) is 5. The van der Waals surface area contributed by atoms with Crippen LogP contribution in [0, 0.1) is 17.8 Å². The van der Waals surface area contributed by atoms with E-state index in [1.54, 1.807) is 13.3 Å². The van der Waals surface area contributed by atoms with Crippen LogP contribution in [0.1, 0.15) is 38.9 Å². The zero-order valence-electron chi connectivity index (χ0n) is 18.9. The highest BCUT2D eigenvalue weighted by Crippen LogP contribution is 2.46. The van der Waals surface area contributed by atoms with Gasteiger partial charge in [0.2, 0.25) is 0 Å². The predicted octanol–water partition coefficient (Wildman–Crippen LogP) is 4.56. The lowest BCUT2D eigenvalue weighted by Gasteiger charge is -2.51. The fourth-order valence-electron chi connectivity index (χ4n) is 5.13. The Balaban J connectivity index is 1.77. The standard InChI is InChI=1S/C25H33N3O3/c1-6-16-14-28-12-10-18(16)21(15-28)23(31-24(29)27-25(2,3)4)19-9-11-26-22-8-7-17(30-5)13-20(19)22/h6-9,11,13,16,18,21,23H,1,10,12,14-15H2,2-5H3,(H,27,29)/t16-,18-,21+,23-/m0/s1. The van der Waals surface area contributed by atoms with Crippen molar-refractivity contribution in [2.75, 3.05) is 26.7 Å². The highest BCUT2D eigenvalue weighted by molar-refractivity contribution is 5.84. The second-order valence-corrected chi connectivity index (χ2v) is 9.76. The van der Waals surface area contributed by atoms with Crippen molar-refractivity contribution in [2.45, 2.75) is 38.8 Å². The molecule has 6 heteroatoms. The van der Waals surface area contributed by atoms with E-state index in [1.807, 2.05) is 45.0 Å². The number of aromatic nitrogens is 1. The normalized spacial score (nSPS) is 26.3. The average Bonchev–Trinajstić information content (AvgIpc) is 2.75. The number of nitrogens with zero attached hydrogens (tertiary/aromatic N) is 2. The summed E-state index contributed by atoms with van der Waals surface area (Å²) in [5.74, 6) is 1.79. The largest absolute Gasteiger partial charge is 0.497 e. The van der Waals surface area contributed by atoms with Crippen LogP contribution >= 0.6 is 0 Å². The van der Waals surface area contributed by atoms with E-state index in [0.29, 0.717) is 11.8 Å². The van der Waals surface area contributed by atoms with Crippen LogP contribution in [0.5, 0.6) is 5.75 Å². The Bertz CT molecular complexity index is 968. The van der Waals surface area contributed by atoms with Gasteiger partial charge in [0.1, 0.15) is 11.9 Å². The van der Waals surface area contributed by atoms with Crippen LogP contribution in [0.3, 0.4) is 0 Å². The molecule has 3 aliphatic rings. The molecule has 2 aromatic rings. The van der Waals surface area contributed by atoms with Gasteiger partial charge in [0.25, 0.3) is 0 Å². The predicted molar refractivity (Wildman–Crippen MR) is 122 cm³/mol. The van der Waals surface area contributed by atoms with Gasteiger partial charge in [-0.15, -0.1) is 6.58 Å². The first-order chi connectivity index (χ1) is 14.8. The molecule has 2 bridgehead atoms. The van der Waals surface area contributed by atoms with Gasteiger partial charge in [0.05, 0.1) is 12.6 Å². The fraction of sp³-hybridized carbons (Fsp3) is 0.520. The van der Waals surface area contributed by atoms with Gasteiger partial charge in [0, 0.05) is 41.7 Å². The van der Waals surface area contributed by atoms with Crippen LogP contribution < -0.4 is 10.1 Å². The van der Waals surface area contributed by atoms with Crippen LogP contribution in [0.25, 0.3) is 10.9 Å². The smallest absolute Gasteiger partial charge is 0.408 e. The Morgan fingerprint density at radius 3 is 2.81 bits per heavy atom. The number of alkyl carbamates (subject to hydrolysis) is 1. The Labute approximate surface area is 184 Å². The molecule has 0 aliphatic carbocycles. The number of carbonyl (C=O) groups excluding carboxylic acids is 1.